The maximum absolute atomic E-state index is 13.3. The Morgan fingerprint density at radius 3 is 2.53 bits per heavy atom. The number of piperidine rings is 1. The summed E-state index contributed by atoms with van der Waals surface area (Å²) >= 11 is 5.89. The summed E-state index contributed by atoms with van der Waals surface area (Å²) in [6, 6.07) is 11.7. The lowest BCUT2D eigenvalue weighted by atomic mass is 9.99. The van der Waals surface area contributed by atoms with Crippen LogP contribution >= 0.6 is 11.6 Å². The Morgan fingerprint density at radius 1 is 1.12 bits per heavy atom. The van der Waals surface area contributed by atoms with Crippen LogP contribution in [0.3, 0.4) is 0 Å². The fourth-order valence-corrected chi connectivity index (χ4v) is 6.25. The molecule has 170 valence electrons. The first-order valence-corrected chi connectivity index (χ1v) is 12.5. The largest absolute Gasteiger partial charge is 0.326 e. The van der Waals surface area contributed by atoms with E-state index in [1.54, 1.807) is 47.4 Å². The summed E-state index contributed by atoms with van der Waals surface area (Å²) in [6.07, 6.45) is 1.85. The third-order valence-electron chi connectivity index (χ3n) is 6.11. The fourth-order valence-electron chi connectivity index (χ4n) is 4.55. The van der Waals surface area contributed by atoms with Crippen LogP contribution in [-0.4, -0.2) is 43.7 Å². The van der Waals surface area contributed by atoms with Crippen LogP contribution in [0.4, 0.5) is 11.4 Å². The van der Waals surface area contributed by atoms with Crippen molar-refractivity contribution < 1.29 is 18.0 Å². The molecule has 0 saturated carbocycles. The molecule has 2 atom stereocenters. The molecule has 0 aliphatic carbocycles. The molecule has 9 heteroatoms. The fraction of sp³-hybridized carbons (Fsp3) is 0.391. The number of benzene rings is 2. The zero-order valence-corrected chi connectivity index (χ0v) is 19.6. The van der Waals surface area contributed by atoms with E-state index in [4.69, 9.17) is 11.6 Å². The van der Waals surface area contributed by atoms with Gasteiger partial charge >= 0.3 is 0 Å². The lowest BCUT2D eigenvalue weighted by Gasteiger charge is -2.31. The molecule has 2 aromatic carbocycles. The monoisotopic (exact) mass is 475 g/mol. The van der Waals surface area contributed by atoms with Gasteiger partial charge in [-0.15, -0.1) is 0 Å². The average molecular weight is 476 g/mol. The Hall–Kier alpha value is -2.42. The molecule has 0 spiro atoms. The number of carbonyl (C=O) groups is 2. The van der Waals surface area contributed by atoms with Gasteiger partial charge in [0.05, 0.1) is 10.8 Å². The molecule has 1 N–H and O–H groups in total. The predicted molar refractivity (Wildman–Crippen MR) is 124 cm³/mol. The summed E-state index contributed by atoms with van der Waals surface area (Å²) in [5.74, 6) is -0.693. The summed E-state index contributed by atoms with van der Waals surface area (Å²) in [6.45, 7) is 3.97. The van der Waals surface area contributed by atoms with Gasteiger partial charge in [0.15, 0.2) is 0 Å². The molecule has 2 heterocycles. The van der Waals surface area contributed by atoms with Crippen molar-refractivity contribution in [1.82, 2.24) is 4.31 Å². The van der Waals surface area contributed by atoms with Gasteiger partial charge in [-0.1, -0.05) is 11.6 Å². The smallest absolute Gasteiger partial charge is 0.243 e. The highest BCUT2D eigenvalue weighted by Crippen LogP contribution is 2.35. The van der Waals surface area contributed by atoms with Gasteiger partial charge in [0, 0.05) is 42.5 Å². The van der Waals surface area contributed by atoms with E-state index in [2.05, 4.69) is 5.32 Å². The first-order chi connectivity index (χ1) is 15.2. The van der Waals surface area contributed by atoms with Crippen LogP contribution in [0.1, 0.15) is 32.3 Å². The molecule has 0 bridgehead atoms. The lowest BCUT2D eigenvalue weighted by molar-refractivity contribution is -0.121. The number of nitrogens with zero attached hydrogens (tertiary/aromatic N) is 2. The van der Waals surface area contributed by atoms with Crippen LogP contribution < -0.4 is 10.2 Å². The highest BCUT2D eigenvalue weighted by atomic mass is 35.5. The van der Waals surface area contributed by atoms with E-state index >= 15 is 0 Å². The van der Waals surface area contributed by atoms with E-state index in [0.717, 1.165) is 11.3 Å². The van der Waals surface area contributed by atoms with Crippen LogP contribution in [0.25, 0.3) is 0 Å². The number of hydrogen-bond donors (Lipinski definition) is 1. The van der Waals surface area contributed by atoms with Crippen LogP contribution in [0.2, 0.25) is 5.02 Å². The average Bonchev–Trinajstić information content (AvgIpc) is 3.10. The Labute approximate surface area is 193 Å². The van der Waals surface area contributed by atoms with Gasteiger partial charge in [-0.2, -0.15) is 4.31 Å². The molecular formula is C23H26ClN3O4S. The van der Waals surface area contributed by atoms with Crippen molar-refractivity contribution in [2.24, 2.45) is 5.92 Å². The minimum atomic E-state index is -3.75. The van der Waals surface area contributed by atoms with E-state index in [-0.39, 0.29) is 29.3 Å². The molecule has 4 rings (SSSR count). The van der Waals surface area contributed by atoms with Crippen molar-refractivity contribution >= 4 is 44.8 Å². The summed E-state index contributed by atoms with van der Waals surface area (Å²) in [5, 5.41) is 3.43. The second-order valence-electron chi connectivity index (χ2n) is 8.43. The molecule has 2 amide bonds. The Kier molecular flexibility index (Phi) is 6.29. The van der Waals surface area contributed by atoms with Crippen LogP contribution in [-0.2, 0) is 26.0 Å². The highest BCUT2D eigenvalue weighted by Gasteiger charge is 2.35. The second kappa shape index (κ2) is 8.84. The van der Waals surface area contributed by atoms with Gasteiger partial charge in [0.25, 0.3) is 0 Å². The molecule has 0 radical (unpaired) electrons. The van der Waals surface area contributed by atoms with Crippen LogP contribution in [0.15, 0.2) is 47.4 Å². The molecule has 32 heavy (non-hydrogen) atoms. The van der Waals surface area contributed by atoms with Gasteiger partial charge in [-0.25, -0.2) is 8.42 Å². The number of rotatable bonds is 4. The topological polar surface area (TPSA) is 86.8 Å². The third kappa shape index (κ3) is 4.40. The van der Waals surface area contributed by atoms with Crippen molar-refractivity contribution in [2.75, 3.05) is 23.3 Å². The van der Waals surface area contributed by atoms with E-state index < -0.39 is 15.9 Å². The minimum Gasteiger partial charge on any atom is -0.326 e. The molecule has 7 nitrogen and oxygen atoms in total. The quantitative estimate of drug-likeness (QED) is 0.730. The predicted octanol–water partition coefficient (Wildman–Crippen LogP) is 3.68. The normalized spacial score (nSPS) is 21.3. The first kappa shape index (κ1) is 22.8. The van der Waals surface area contributed by atoms with E-state index in [1.165, 1.54) is 11.2 Å². The number of fused-ring (bicyclic) bond motifs is 1. The van der Waals surface area contributed by atoms with Gasteiger partial charge in [-0.3, -0.25) is 9.59 Å². The Balaban J connectivity index is 1.50. The van der Waals surface area contributed by atoms with Crippen LogP contribution in [0.5, 0.6) is 0 Å². The summed E-state index contributed by atoms with van der Waals surface area (Å²) in [7, 11) is -3.75. The van der Waals surface area contributed by atoms with Gasteiger partial charge < -0.3 is 10.2 Å². The van der Waals surface area contributed by atoms with Gasteiger partial charge in [-0.05, 0) is 74.2 Å². The van der Waals surface area contributed by atoms with Crippen molar-refractivity contribution in [1.29, 1.82) is 0 Å². The standard InChI is InChI=1S/C23H26ClN3O4S/c1-15-12-18-13-21(9-10-22(18)27(15)16(2)28)32(30,31)26-11-3-4-17(14-26)23(29)25-20-7-5-19(24)6-8-20/h5-10,13,15,17H,3-4,11-12,14H2,1-2H3,(H,25,29)/t15-,17-/m1/s1. The maximum Gasteiger partial charge on any atom is 0.243 e. The summed E-state index contributed by atoms with van der Waals surface area (Å²) < 4.78 is 28.1. The zero-order valence-electron chi connectivity index (χ0n) is 18.0. The van der Waals surface area contributed by atoms with E-state index in [0.29, 0.717) is 36.5 Å². The number of amides is 2. The SMILES string of the molecule is CC(=O)N1c2ccc(S(=O)(=O)N3CCC[C@@H](C(=O)Nc4ccc(Cl)cc4)C3)cc2C[C@H]1C. The van der Waals surface area contributed by atoms with E-state index in [9.17, 15) is 18.0 Å². The molecule has 1 fully saturated rings. The van der Waals surface area contributed by atoms with Crippen molar-refractivity contribution in [3.8, 4) is 0 Å². The number of anilines is 2. The number of hydrogen-bond acceptors (Lipinski definition) is 4. The zero-order chi connectivity index (χ0) is 23.0. The second-order valence-corrected chi connectivity index (χ2v) is 10.8. The molecule has 0 unspecified atom stereocenters. The highest BCUT2D eigenvalue weighted by molar-refractivity contribution is 7.89. The third-order valence-corrected chi connectivity index (χ3v) is 8.22. The number of halogens is 1. The van der Waals surface area contributed by atoms with Crippen molar-refractivity contribution in [3.63, 3.8) is 0 Å². The summed E-state index contributed by atoms with van der Waals surface area (Å²) in [4.78, 5) is 26.6. The molecule has 0 aromatic heterocycles. The maximum atomic E-state index is 13.3. The molecular weight excluding hydrogens is 450 g/mol. The van der Waals surface area contributed by atoms with E-state index in [1.807, 2.05) is 6.92 Å². The van der Waals surface area contributed by atoms with Gasteiger partial charge in [0.1, 0.15) is 0 Å². The molecule has 2 aromatic rings. The molecule has 2 aliphatic rings. The first-order valence-electron chi connectivity index (χ1n) is 10.7. The minimum absolute atomic E-state index is 0.00335. The van der Waals surface area contributed by atoms with Crippen molar-refractivity contribution in [2.45, 2.75) is 44.0 Å². The number of carbonyl (C=O) groups excluding carboxylic acids is 2. The Bertz CT molecular complexity index is 1150. The molecule has 1 saturated heterocycles. The lowest BCUT2D eigenvalue weighted by Crippen LogP contribution is -2.43. The van der Waals surface area contributed by atoms with Crippen molar-refractivity contribution in [3.05, 3.63) is 53.1 Å². The van der Waals surface area contributed by atoms with Crippen LogP contribution in [0, 0.1) is 5.92 Å². The number of sulfonamides is 1. The number of nitrogens with one attached hydrogen (secondary N) is 1. The van der Waals surface area contributed by atoms with Gasteiger partial charge in [0.2, 0.25) is 21.8 Å². The Morgan fingerprint density at radius 2 is 1.84 bits per heavy atom. The molecule has 2 aliphatic heterocycles. The summed E-state index contributed by atoms with van der Waals surface area (Å²) in [5.41, 5.74) is 2.24.